The van der Waals surface area contributed by atoms with Crippen molar-refractivity contribution in [1.29, 1.82) is 0 Å². The van der Waals surface area contributed by atoms with E-state index in [1.165, 1.54) is 11.3 Å². The van der Waals surface area contributed by atoms with Crippen molar-refractivity contribution in [3.63, 3.8) is 0 Å². The molecular weight excluding hydrogens is 308 g/mol. The second kappa shape index (κ2) is 6.75. The number of Topliss-reactive ketones (excluding diaryl/α,β-unsaturated/α-hetero) is 1. The number of carbonyl (C=O) groups excluding carboxylic acids is 1. The van der Waals surface area contributed by atoms with Gasteiger partial charge in [-0.1, -0.05) is 11.6 Å². The Morgan fingerprint density at radius 2 is 2.00 bits per heavy atom. The predicted octanol–water partition coefficient (Wildman–Crippen LogP) is 2.36. The topological polar surface area (TPSA) is 43.8 Å². The van der Waals surface area contributed by atoms with Crippen molar-refractivity contribution in [2.24, 2.45) is 0 Å². The van der Waals surface area contributed by atoms with Crippen LogP contribution in [0.1, 0.15) is 30.4 Å². The lowest BCUT2D eigenvalue weighted by Gasteiger charge is -2.39. The Bertz CT molecular complexity index is 490. The first-order valence-electron chi connectivity index (χ1n) is 7.24. The normalized spacial score (nSPS) is 19.7. The maximum Gasteiger partial charge on any atom is 0.189 e. The van der Waals surface area contributed by atoms with Gasteiger partial charge in [-0.15, -0.1) is 11.3 Å². The average Bonchev–Trinajstić information content (AvgIpc) is 2.83. The fourth-order valence-corrected chi connectivity index (χ4v) is 3.74. The quantitative estimate of drug-likeness (QED) is 0.842. The Kier molecular flexibility index (Phi) is 5.43. The van der Waals surface area contributed by atoms with Gasteiger partial charge < -0.3 is 5.11 Å². The number of thiophene rings is 1. The van der Waals surface area contributed by atoms with Crippen molar-refractivity contribution < 1.29 is 9.90 Å². The number of hydrogen-bond donors (Lipinski definition) is 1. The summed E-state index contributed by atoms with van der Waals surface area (Å²) in [5, 5.41) is 9.86. The molecule has 2 heterocycles. The minimum absolute atomic E-state index is 0.121. The van der Waals surface area contributed by atoms with Gasteiger partial charge in [0.2, 0.25) is 0 Å². The summed E-state index contributed by atoms with van der Waals surface area (Å²) in [6.45, 7) is 9.74. The van der Waals surface area contributed by atoms with E-state index < -0.39 is 5.60 Å². The van der Waals surface area contributed by atoms with Crippen LogP contribution in [0.2, 0.25) is 4.34 Å². The van der Waals surface area contributed by atoms with E-state index in [1.54, 1.807) is 12.1 Å². The zero-order valence-electron chi connectivity index (χ0n) is 12.8. The molecule has 6 heteroatoms. The number of rotatable bonds is 5. The van der Waals surface area contributed by atoms with Crippen molar-refractivity contribution >= 4 is 28.7 Å². The fraction of sp³-hybridized carbons (Fsp3) is 0.667. The van der Waals surface area contributed by atoms with Crippen molar-refractivity contribution in [3.05, 3.63) is 21.3 Å². The van der Waals surface area contributed by atoms with Crippen molar-refractivity contribution in [2.45, 2.75) is 32.4 Å². The van der Waals surface area contributed by atoms with Gasteiger partial charge in [-0.3, -0.25) is 14.6 Å². The number of aliphatic hydroxyl groups is 1. The van der Waals surface area contributed by atoms with Crippen LogP contribution in [0.15, 0.2) is 12.1 Å². The third-order valence-corrected chi connectivity index (χ3v) is 5.01. The Labute approximate surface area is 135 Å². The van der Waals surface area contributed by atoms with Crippen LogP contribution in [0, 0.1) is 0 Å². The number of ketones is 1. The van der Waals surface area contributed by atoms with E-state index >= 15 is 0 Å². The maximum absolute atomic E-state index is 12.4. The summed E-state index contributed by atoms with van der Waals surface area (Å²) in [5.74, 6) is 0.142. The van der Waals surface area contributed by atoms with Crippen LogP contribution in [-0.2, 0) is 0 Å². The molecule has 0 radical (unpaired) electrons. The van der Waals surface area contributed by atoms with Crippen molar-refractivity contribution in [3.8, 4) is 0 Å². The molecule has 1 atom stereocenters. The van der Waals surface area contributed by atoms with Gasteiger partial charge in [0.25, 0.3) is 0 Å². The molecule has 1 N–H and O–H groups in total. The largest absolute Gasteiger partial charge is 0.389 e. The summed E-state index contributed by atoms with van der Waals surface area (Å²) >= 11 is 7.24. The van der Waals surface area contributed by atoms with Crippen LogP contribution >= 0.6 is 22.9 Å². The molecule has 1 aromatic heterocycles. The Balaban J connectivity index is 1.88. The van der Waals surface area contributed by atoms with Gasteiger partial charge in [0.15, 0.2) is 5.78 Å². The highest BCUT2D eigenvalue weighted by Gasteiger charge is 2.28. The first kappa shape index (κ1) is 16.9. The van der Waals surface area contributed by atoms with E-state index in [-0.39, 0.29) is 11.8 Å². The van der Waals surface area contributed by atoms with Gasteiger partial charge >= 0.3 is 0 Å². The highest BCUT2D eigenvalue weighted by molar-refractivity contribution is 7.18. The van der Waals surface area contributed by atoms with Crippen LogP contribution in [0.5, 0.6) is 0 Å². The second-order valence-corrected chi connectivity index (χ2v) is 7.98. The van der Waals surface area contributed by atoms with Gasteiger partial charge in [-0.25, -0.2) is 0 Å². The van der Waals surface area contributed by atoms with Crippen LogP contribution in [0.3, 0.4) is 0 Å². The molecule has 0 aromatic carbocycles. The highest BCUT2D eigenvalue weighted by atomic mass is 35.5. The average molecular weight is 331 g/mol. The lowest BCUT2D eigenvalue weighted by molar-refractivity contribution is 0.0126. The lowest BCUT2D eigenvalue weighted by atomic mass is 10.1. The van der Waals surface area contributed by atoms with Gasteiger partial charge in [-0.05, 0) is 32.9 Å². The maximum atomic E-state index is 12.4. The SMILES string of the molecule is CC(C(=O)c1ccc(Cl)s1)N1CCN(CC(C)(C)O)CC1. The molecule has 1 aliphatic heterocycles. The molecule has 1 fully saturated rings. The summed E-state index contributed by atoms with van der Waals surface area (Å²) < 4.78 is 0.653. The van der Waals surface area contributed by atoms with E-state index in [4.69, 9.17) is 11.6 Å². The van der Waals surface area contributed by atoms with Gasteiger partial charge in [-0.2, -0.15) is 0 Å². The van der Waals surface area contributed by atoms with E-state index in [0.717, 1.165) is 31.1 Å². The number of halogens is 1. The predicted molar refractivity (Wildman–Crippen MR) is 87.4 cm³/mol. The lowest BCUT2D eigenvalue weighted by Crippen LogP contribution is -2.54. The number of β-amino-alcohol motifs (C(OH)–C–C–N with tert-alkyl or cyclic N) is 1. The zero-order valence-corrected chi connectivity index (χ0v) is 14.4. The molecule has 1 aliphatic rings. The first-order valence-corrected chi connectivity index (χ1v) is 8.44. The number of piperazine rings is 1. The van der Waals surface area contributed by atoms with Crippen LogP contribution in [0.25, 0.3) is 0 Å². The molecule has 0 spiro atoms. The summed E-state index contributed by atoms with van der Waals surface area (Å²) in [6, 6.07) is 3.45. The molecule has 1 aromatic rings. The minimum Gasteiger partial charge on any atom is -0.389 e. The molecule has 4 nitrogen and oxygen atoms in total. The van der Waals surface area contributed by atoms with E-state index in [1.807, 2.05) is 20.8 Å². The van der Waals surface area contributed by atoms with Crippen LogP contribution in [0.4, 0.5) is 0 Å². The molecule has 0 aliphatic carbocycles. The van der Waals surface area contributed by atoms with Gasteiger partial charge in [0.1, 0.15) is 0 Å². The highest BCUT2D eigenvalue weighted by Crippen LogP contribution is 2.24. The number of hydrogen-bond acceptors (Lipinski definition) is 5. The Hall–Kier alpha value is -0.460. The Morgan fingerprint density at radius 1 is 1.38 bits per heavy atom. The standard InChI is InChI=1S/C15H23ClN2O2S/c1-11(14(19)12-4-5-13(16)21-12)18-8-6-17(7-9-18)10-15(2,3)20/h4-5,11,20H,6-10H2,1-3H3. The van der Waals surface area contributed by atoms with E-state index in [0.29, 0.717) is 10.9 Å². The summed E-state index contributed by atoms with van der Waals surface area (Å²) in [5.41, 5.74) is -0.669. The monoisotopic (exact) mass is 330 g/mol. The third-order valence-electron chi connectivity index (χ3n) is 3.76. The second-order valence-electron chi connectivity index (χ2n) is 6.27. The summed E-state index contributed by atoms with van der Waals surface area (Å²) in [7, 11) is 0. The molecule has 0 bridgehead atoms. The molecule has 2 rings (SSSR count). The van der Waals surface area contributed by atoms with E-state index in [9.17, 15) is 9.90 Å². The molecule has 21 heavy (non-hydrogen) atoms. The molecule has 1 unspecified atom stereocenters. The van der Waals surface area contributed by atoms with Crippen LogP contribution < -0.4 is 0 Å². The molecule has 118 valence electrons. The van der Waals surface area contributed by atoms with Crippen LogP contribution in [-0.4, -0.2) is 65.1 Å². The first-order chi connectivity index (χ1) is 9.76. The van der Waals surface area contributed by atoms with Gasteiger partial charge in [0, 0.05) is 32.7 Å². The van der Waals surface area contributed by atoms with Crippen molar-refractivity contribution in [1.82, 2.24) is 9.80 Å². The minimum atomic E-state index is -0.669. The molecular formula is C15H23ClN2O2S. The summed E-state index contributed by atoms with van der Waals surface area (Å²) in [4.78, 5) is 17.6. The number of nitrogens with zero attached hydrogens (tertiary/aromatic N) is 2. The smallest absolute Gasteiger partial charge is 0.189 e. The van der Waals surface area contributed by atoms with Gasteiger partial charge in [0.05, 0.1) is 20.9 Å². The third kappa shape index (κ3) is 4.76. The number of carbonyl (C=O) groups is 1. The molecule has 0 amide bonds. The van der Waals surface area contributed by atoms with E-state index in [2.05, 4.69) is 9.80 Å². The molecule has 0 saturated carbocycles. The zero-order chi connectivity index (χ0) is 15.6. The van der Waals surface area contributed by atoms with Crippen molar-refractivity contribution in [2.75, 3.05) is 32.7 Å². The summed E-state index contributed by atoms with van der Waals surface area (Å²) in [6.07, 6.45) is 0. The Morgan fingerprint density at radius 3 is 2.48 bits per heavy atom. The fourth-order valence-electron chi connectivity index (χ4n) is 2.67. The molecule has 1 saturated heterocycles.